The first-order chi connectivity index (χ1) is 18.3. The summed E-state index contributed by atoms with van der Waals surface area (Å²) < 4.78 is 2.36. The zero-order valence-corrected chi connectivity index (χ0v) is 24.0. The average Bonchev–Trinajstić information content (AvgIpc) is 3.34. The maximum atomic E-state index is 5.02. The molecule has 194 valence electrons. The molecule has 5 aromatic rings. The summed E-state index contributed by atoms with van der Waals surface area (Å²) >= 11 is 0. The second-order valence-corrected chi connectivity index (χ2v) is 11.2. The molecule has 0 spiro atoms. The standard InChI is InChI=1S/C33H32N2.C3H8/c1-20(2)24-14-16-26(23(5)18-24)31-19-34-33-29-11-8-10-27(25-15-13-21(3)17-22(25)4)32(29)28-9-6-7-12-30(28)35(31)33;1-3-2/h6-12,14-21H,13H2,1-5H3;3H2,1-2H3. The molecule has 0 bridgehead atoms. The highest BCUT2D eigenvalue weighted by molar-refractivity contribution is 6.17. The third kappa shape index (κ3) is 4.47. The van der Waals surface area contributed by atoms with Crippen molar-refractivity contribution in [3.05, 3.63) is 101 Å². The molecular weight excluding hydrogens is 460 g/mol. The molecule has 2 aromatic heterocycles. The number of rotatable bonds is 3. The number of allylic oxidation sites excluding steroid dienone is 4. The summed E-state index contributed by atoms with van der Waals surface area (Å²) in [6.07, 6.45) is 9.22. The molecule has 0 N–H and O–H groups in total. The summed E-state index contributed by atoms with van der Waals surface area (Å²) in [4.78, 5) is 5.02. The van der Waals surface area contributed by atoms with E-state index in [9.17, 15) is 0 Å². The molecule has 0 aliphatic heterocycles. The molecule has 1 atom stereocenters. The molecule has 2 nitrogen and oxygen atoms in total. The van der Waals surface area contributed by atoms with Gasteiger partial charge in [0.25, 0.3) is 0 Å². The van der Waals surface area contributed by atoms with Crippen LogP contribution < -0.4 is 0 Å². The molecule has 0 fully saturated rings. The Morgan fingerprint density at radius 3 is 2.37 bits per heavy atom. The van der Waals surface area contributed by atoms with Crippen LogP contribution in [0.3, 0.4) is 0 Å². The van der Waals surface area contributed by atoms with E-state index in [0.717, 1.165) is 17.8 Å². The Morgan fingerprint density at radius 1 is 0.921 bits per heavy atom. The lowest BCUT2D eigenvalue weighted by molar-refractivity contribution is 0.732. The van der Waals surface area contributed by atoms with Crippen molar-refractivity contribution < 1.29 is 0 Å². The minimum atomic E-state index is 0.516. The Bertz CT molecular complexity index is 1690. The molecule has 38 heavy (non-hydrogen) atoms. The van der Waals surface area contributed by atoms with Crippen LogP contribution in [0.2, 0.25) is 0 Å². The van der Waals surface area contributed by atoms with Gasteiger partial charge < -0.3 is 0 Å². The van der Waals surface area contributed by atoms with Crippen LogP contribution in [-0.4, -0.2) is 9.38 Å². The highest BCUT2D eigenvalue weighted by atomic mass is 15.0. The maximum absolute atomic E-state index is 5.02. The van der Waals surface area contributed by atoms with Crippen molar-refractivity contribution in [2.24, 2.45) is 5.92 Å². The lowest BCUT2D eigenvalue weighted by Gasteiger charge is -2.20. The summed E-state index contributed by atoms with van der Waals surface area (Å²) in [5, 5.41) is 3.78. The first-order valence-electron chi connectivity index (χ1n) is 14.2. The third-order valence-electron chi connectivity index (χ3n) is 7.62. The van der Waals surface area contributed by atoms with E-state index in [0.29, 0.717) is 11.8 Å². The number of benzene rings is 3. The zero-order chi connectivity index (χ0) is 27.0. The van der Waals surface area contributed by atoms with Gasteiger partial charge in [0.15, 0.2) is 0 Å². The summed E-state index contributed by atoms with van der Waals surface area (Å²) in [5.41, 5.74) is 11.3. The van der Waals surface area contributed by atoms with E-state index in [2.05, 4.69) is 132 Å². The molecule has 1 aliphatic rings. The topological polar surface area (TPSA) is 17.3 Å². The second kappa shape index (κ2) is 10.6. The molecule has 0 saturated carbocycles. The summed E-state index contributed by atoms with van der Waals surface area (Å²) in [5.74, 6) is 1.11. The highest BCUT2D eigenvalue weighted by Gasteiger charge is 2.20. The Labute approximate surface area is 227 Å². The molecular formula is C36H40N2. The highest BCUT2D eigenvalue weighted by Crippen LogP contribution is 2.40. The van der Waals surface area contributed by atoms with Gasteiger partial charge in [-0.2, -0.15) is 0 Å². The SMILES string of the molecule is CC1=CC(C)CC=C1c1cccc2c1c1ccccc1n1c(-c3ccc(C(C)C)cc3C)cnc21.CCC. The predicted octanol–water partition coefficient (Wildman–Crippen LogP) is 10.5. The molecule has 2 heteroatoms. The van der Waals surface area contributed by atoms with Gasteiger partial charge >= 0.3 is 0 Å². The van der Waals surface area contributed by atoms with Gasteiger partial charge in [0.2, 0.25) is 0 Å². The van der Waals surface area contributed by atoms with Gasteiger partial charge in [0.1, 0.15) is 5.65 Å². The van der Waals surface area contributed by atoms with Gasteiger partial charge in [-0.3, -0.25) is 4.40 Å². The fourth-order valence-electron chi connectivity index (χ4n) is 5.81. The van der Waals surface area contributed by atoms with Crippen molar-refractivity contribution in [2.45, 2.75) is 67.2 Å². The van der Waals surface area contributed by atoms with E-state index in [1.54, 1.807) is 0 Å². The van der Waals surface area contributed by atoms with E-state index in [4.69, 9.17) is 4.98 Å². The van der Waals surface area contributed by atoms with E-state index in [1.165, 1.54) is 61.5 Å². The molecule has 3 aromatic carbocycles. The normalized spacial score (nSPS) is 15.5. The van der Waals surface area contributed by atoms with Crippen LogP contribution in [0.25, 0.3) is 44.2 Å². The summed E-state index contributed by atoms with van der Waals surface area (Å²) in [6, 6.07) is 22.4. The molecule has 1 unspecified atom stereocenters. The van der Waals surface area contributed by atoms with Gasteiger partial charge in [-0.15, -0.1) is 0 Å². The molecule has 0 radical (unpaired) electrons. The minimum absolute atomic E-state index is 0.516. The fraction of sp³-hybridized carbons (Fsp3) is 0.306. The molecule has 0 amide bonds. The van der Waals surface area contributed by atoms with Crippen molar-refractivity contribution in [3.8, 4) is 11.3 Å². The van der Waals surface area contributed by atoms with E-state index in [1.807, 2.05) is 0 Å². The van der Waals surface area contributed by atoms with Crippen LogP contribution in [0, 0.1) is 12.8 Å². The van der Waals surface area contributed by atoms with Crippen LogP contribution in [-0.2, 0) is 0 Å². The number of pyridine rings is 1. The number of nitrogens with zero attached hydrogens (tertiary/aromatic N) is 2. The quantitative estimate of drug-likeness (QED) is 0.225. The van der Waals surface area contributed by atoms with Crippen LogP contribution in [0.5, 0.6) is 0 Å². The third-order valence-corrected chi connectivity index (χ3v) is 7.62. The van der Waals surface area contributed by atoms with Crippen molar-refractivity contribution in [1.29, 1.82) is 0 Å². The monoisotopic (exact) mass is 500 g/mol. The molecule has 1 aliphatic carbocycles. The van der Waals surface area contributed by atoms with Crippen molar-refractivity contribution in [3.63, 3.8) is 0 Å². The Kier molecular flexibility index (Phi) is 7.25. The van der Waals surface area contributed by atoms with Crippen LogP contribution >= 0.6 is 0 Å². The molecule has 6 rings (SSSR count). The molecule has 0 saturated heterocycles. The number of aryl methyl sites for hydroxylation is 1. The van der Waals surface area contributed by atoms with Gasteiger partial charge in [0, 0.05) is 21.7 Å². The van der Waals surface area contributed by atoms with Gasteiger partial charge in [-0.25, -0.2) is 4.98 Å². The van der Waals surface area contributed by atoms with E-state index >= 15 is 0 Å². The minimum Gasteiger partial charge on any atom is -0.292 e. The Balaban J connectivity index is 0.000000937. The number of hydrogen-bond acceptors (Lipinski definition) is 1. The Morgan fingerprint density at radius 2 is 1.66 bits per heavy atom. The van der Waals surface area contributed by atoms with Crippen LogP contribution in [0.15, 0.2) is 84.6 Å². The van der Waals surface area contributed by atoms with Crippen molar-refractivity contribution in [2.75, 3.05) is 0 Å². The maximum Gasteiger partial charge on any atom is 0.145 e. The lowest BCUT2D eigenvalue weighted by atomic mass is 9.86. The Hall–Kier alpha value is -3.65. The largest absolute Gasteiger partial charge is 0.292 e. The first-order valence-corrected chi connectivity index (χ1v) is 14.2. The fourth-order valence-corrected chi connectivity index (χ4v) is 5.81. The van der Waals surface area contributed by atoms with E-state index in [-0.39, 0.29) is 0 Å². The predicted molar refractivity (Wildman–Crippen MR) is 166 cm³/mol. The number of fused-ring (bicyclic) bond motifs is 6. The summed E-state index contributed by atoms with van der Waals surface area (Å²) in [7, 11) is 0. The lowest BCUT2D eigenvalue weighted by Crippen LogP contribution is -2.01. The van der Waals surface area contributed by atoms with Gasteiger partial charge in [-0.05, 0) is 66.0 Å². The number of imidazole rings is 1. The number of para-hydroxylation sites is 1. The van der Waals surface area contributed by atoms with Crippen LogP contribution in [0.4, 0.5) is 0 Å². The van der Waals surface area contributed by atoms with Crippen molar-refractivity contribution in [1.82, 2.24) is 9.38 Å². The van der Waals surface area contributed by atoms with E-state index < -0.39 is 0 Å². The zero-order valence-electron chi connectivity index (χ0n) is 24.0. The molecule has 2 heterocycles. The average molecular weight is 501 g/mol. The number of aromatic nitrogens is 2. The van der Waals surface area contributed by atoms with Gasteiger partial charge in [-0.1, -0.05) is 108 Å². The number of hydrogen-bond donors (Lipinski definition) is 0. The smallest absolute Gasteiger partial charge is 0.145 e. The van der Waals surface area contributed by atoms with Gasteiger partial charge in [0.05, 0.1) is 17.4 Å². The first kappa shape index (κ1) is 26.0. The summed E-state index contributed by atoms with van der Waals surface area (Å²) in [6.45, 7) is 15.5. The second-order valence-electron chi connectivity index (χ2n) is 11.2. The van der Waals surface area contributed by atoms with Crippen molar-refractivity contribution >= 4 is 32.9 Å². The van der Waals surface area contributed by atoms with Crippen LogP contribution in [0.1, 0.15) is 77.0 Å².